The van der Waals surface area contributed by atoms with Crippen molar-refractivity contribution in [3.8, 4) is 17.0 Å². The number of aromatic carboxylic acids is 1. The van der Waals surface area contributed by atoms with Crippen LogP contribution in [0.5, 0.6) is 5.75 Å². The molecule has 0 spiro atoms. The van der Waals surface area contributed by atoms with Crippen molar-refractivity contribution < 1.29 is 36.2 Å². The zero-order valence-corrected chi connectivity index (χ0v) is 25.1. The molecule has 2 saturated heterocycles. The molecule has 2 aliphatic rings. The van der Waals surface area contributed by atoms with Crippen LogP contribution in [-0.2, 0) is 22.6 Å². The summed E-state index contributed by atoms with van der Waals surface area (Å²) in [4.78, 5) is 22.1. The molecule has 2 aliphatic heterocycles. The van der Waals surface area contributed by atoms with Crippen LogP contribution in [0.3, 0.4) is 0 Å². The van der Waals surface area contributed by atoms with Crippen LogP contribution in [0.4, 0.5) is 13.2 Å². The van der Waals surface area contributed by atoms with Gasteiger partial charge in [0.25, 0.3) is 0 Å². The molecule has 8 nitrogen and oxygen atoms in total. The van der Waals surface area contributed by atoms with Gasteiger partial charge in [0.2, 0.25) is 0 Å². The van der Waals surface area contributed by atoms with Gasteiger partial charge in [-0.15, -0.1) is 0 Å². The number of carboxylic acid groups (broad SMARTS) is 1. The molecule has 5 rings (SSSR count). The van der Waals surface area contributed by atoms with Crippen LogP contribution < -0.4 is 4.74 Å². The van der Waals surface area contributed by atoms with Crippen LogP contribution >= 0.6 is 0 Å². The second kappa shape index (κ2) is 12.4. The highest BCUT2D eigenvalue weighted by Gasteiger charge is 2.33. The molecule has 2 fully saturated rings. The number of fused-ring (bicyclic) bond motifs is 1. The molecule has 0 saturated carbocycles. The third-order valence-corrected chi connectivity index (χ3v) is 9.49. The zero-order valence-electron chi connectivity index (χ0n) is 24.3. The Morgan fingerprint density at radius 1 is 1.07 bits per heavy atom. The molecule has 2 aromatic carbocycles. The lowest BCUT2D eigenvalue weighted by atomic mass is 9.94. The van der Waals surface area contributed by atoms with E-state index in [4.69, 9.17) is 9.72 Å². The number of carboxylic acids is 1. The lowest BCUT2D eigenvalue weighted by Crippen LogP contribution is -2.46. The monoisotopic (exact) mass is 619 g/mol. The van der Waals surface area contributed by atoms with Crippen molar-refractivity contribution in [3.05, 3.63) is 53.1 Å². The predicted molar refractivity (Wildman–Crippen MR) is 157 cm³/mol. The fourth-order valence-electron chi connectivity index (χ4n) is 6.30. The highest BCUT2D eigenvalue weighted by atomic mass is 32.2. The number of piperidine rings is 2. The maximum absolute atomic E-state index is 13.7. The van der Waals surface area contributed by atoms with Gasteiger partial charge in [0.1, 0.15) is 10.6 Å². The molecule has 0 unspecified atom stereocenters. The number of hydrogen-bond acceptors (Lipinski definition) is 7. The minimum Gasteiger partial charge on any atom is -0.492 e. The first-order valence-corrected chi connectivity index (χ1v) is 16.5. The van der Waals surface area contributed by atoms with Crippen molar-refractivity contribution in [2.75, 3.05) is 39.0 Å². The van der Waals surface area contributed by atoms with E-state index in [0.717, 1.165) is 44.3 Å². The average Bonchev–Trinajstić information content (AvgIpc) is 2.96. The van der Waals surface area contributed by atoms with Crippen LogP contribution in [0.15, 0.2) is 41.3 Å². The molecule has 1 aromatic heterocycles. The molecule has 0 radical (unpaired) electrons. The molecule has 0 atom stereocenters. The number of sulfone groups is 1. The summed E-state index contributed by atoms with van der Waals surface area (Å²) in [5, 5.41) is 10.6. The summed E-state index contributed by atoms with van der Waals surface area (Å²) in [7, 11) is -3.82. The number of alkyl halides is 3. The molecule has 0 bridgehead atoms. The van der Waals surface area contributed by atoms with E-state index < -0.39 is 27.5 Å². The van der Waals surface area contributed by atoms with Crippen molar-refractivity contribution in [3.63, 3.8) is 0 Å². The first-order chi connectivity index (χ1) is 20.4. The van der Waals surface area contributed by atoms with E-state index in [9.17, 15) is 31.5 Å². The molecule has 43 heavy (non-hydrogen) atoms. The minimum absolute atomic E-state index is 0.00358. The van der Waals surface area contributed by atoms with Crippen LogP contribution in [-0.4, -0.2) is 79.4 Å². The third kappa shape index (κ3) is 6.81. The van der Waals surface area contributed by atoms with Gasteiger partial charge in [-0.3, -0.25) is 4.90 Å². The molecule has 3 heterocycles. The smallest absolute Gasteiger partial charge is 0.416 e. The minimum atomic E-state index is -4.61. The number of carbonyl (C=O) groups is 1. The Morgan fingerprint density at radius 2 is 1.77 bits per heavy atom. The van der Waals surface area contributed by atoms with E-state index in [1.807, 2.05) is 0 Å². The summed E-state index contributed by atoms with van der Waals surface area (Å²) in [5.74, 6) is -1.31. The molecule has 0 aliphatic carbocycles. The number of aromatic nitrogens is 1. The van der Waals surface area contributed by atoms with Gasteiger partial charge in [-0.25, -0.2) is 18.2 Å². The highest BCUT2D eigenvalue weighted by molar-refractivity contribution is 7.90. The van der Waals surface area contributed by atoms with Gasteiger partial charge in [0.05, 0.1) is 28.9 Å². The van der Waals surface area contributed by atoms with Gasteiger partial charge in [-0.1, -0.05) is 18.6 Å². The second-order valence-electron chi connectivity index (χ2n) is 11.3. The van der Waals surface area contributed by atoms with Crippen molar-refractivity contribution in [1.29, 1.82) is 0 Å². The van der Waals surface area contributed by atoms with E-state index in [-0.39, 0.29) is 57.1 Å². The number of hydrogen-bond donors (Lipinski definition) is 1. The van der Waals surface area contributed by atoms with Crippen LogP contribution in [0, 0.1) is 0 Å². The number of benzene rings is 2. The second-order valence-corrected chi connectivity index (χ2v) is 13.3. The number of halogens is 3. The standard InChI is InChI=1S/C31H36F3N3O5S/c1-3-42-26-18-25-23(17-27(26)43(2,40)41)28(30(38)39)24(29(35-25)20-8-7-9-21(16-20)31(32,33)34)19-36-14-10-22(11-15-36)37-12-5-4-6-13-37/h7-9,16-18,22H,3-6,10-15,19H2,1-2H3,(H,38,39). The topological polar surface area (TPSA) is 100 Å². The Bertz CT molecular complexity index is 1610. The van der Waals surface area contributed by atoms with Crippen LogP contribution in [0.2, 0.25) is 0 Å². The van der Waals surface area contributed by atoms with Gasteiger partial charge in [-0.05, 0) is 77.0 Å². The van der Waals surface area contributed by atoms with E-state index in [2.05, 4.69) is 9.80 Å². The summed E-state index contributed by atoms with van der Waals surface area (Å²) < 4.78 is 72.0. The number of nitrogens with zero attached hydrogens (tertiary/aromatic N) is 3. The fraction of sp³-hybridized carbons (Fsp3) is 0.484. The molecule has 0 amide bonds. The fourth-order valence-corrected chi connectivity index (χ4v) is 7.11. The summed E-state index contributed by atoms with van der Waals surface area (Å²) in [6.45, 7) is 5.51. The Labute approximate surface area is 249 Å². The van der Waals surface area contributed by atoms with Crippen LogP contribution in [0.25, 0.3) is 22.2 Å². The molecular weight excluding hydrogens is 583 g/mol. The zero-order chi connectivity index (χ0) is 30.9. The Hall–Kier alpha value is -3.22. The van der Waals surface area contributed by atoms with E-state index in [1.54, 1.807) is 6.92 Å². The predicted octanol–water partition coefficient (Wildman–Crippen LogP) is 5.87. The summed E-state index contributed by atoms with van der Waals surface area (Å²) in [6, 6.07) is 7.74. The quantitative estimate of drug-likeness (QED) is 0.334. The van der Waals surface area contributed by atoms with Crippen LogP contribution in [0.1, 0.15) is 60.5 Å². The number of rotatable bonds is 8. The molecule has 3 aromatic rings. The SMILES string of the molecule is CCOc1cc2nc(-c3cccc(C(F)(F)F)c3)c(CN3CCC(N4CCCCC4)CC3)c(C(=O)O)c2cc1S(C)(=O)=O. The normalized spacial score (nSPS) is 17.8. The molecule has 1 N–H and O–H groups in total. The molecule has 232 valence electrons. The van der Waals surface area contributed by atoms with Gasteiger partial charge in [0, 0.05) is 41.4 Å². The first kappa shape index (κ1) is 31.2. The first-order valence-electron chi connectivity index (χ1n) is 14.6. The summed E-state index contributed by atoms with van der Waals surface area (Å²) >= 11 is 0. The van der Waals surface area contributed by atoms with Gasteiger partial charge < -0.3 is 14.7 Å². The van der Waals surface area contributed by atoms with Gasteiger partial charge in [0.15, 0.2) is 9.84 Å². The largest absolute Gasteiger partial charge is 0.492 e. The third-order valence-electron chi connectivity index (χ3n) is 8.37. The van der Waals surface area contributed by atoms with Gasteiger partial charge >= 0.3 is 12.1 Å². The maximum atomic E-state index is 13.7. The number of pyridine rings is 1. The lowest BCUT2D eigenvalue weighted by molar-refractivity contribution is -0.137. The highest BCUT2D eigenvalue weighted by Crippen LogP contribution is 2.38. The summed E-state index contributed by atoms with van der Waals surface area (Å²) in [5.41, 5.74) is -0.443. The Balaban J connectivity index is 1.65. The average molecular weight is 620 g/mol. The van der Waals surface area contributed by atoms with E-state index in [1.165, 1.54) is 43.5 Å². The Morgan fingerprint density at radius 3 is 2.37 bits per heavy atom. The lowest BCUT2D eigenvalue weighted by Gasteiger charge is -2.40. The van der Waals surface area contributed by atoms with Gasteiger partial charge in [-0.2, -0.15) is 13.2 Å². The van der Waals surface area contributed by atoms with Crippen molar-refractivity contribution >= 4 is 26.7 Å². The molecule has 12 heteroatoms. The number of ether oxygens (including phenoxy) is 1. The van der Waals surface area contributed by atoms with E-state index in [0.29, 0.717) is 19.1 Å². The number of likely N-dealkylation sites (tertiary alicyclic amines) is 2. The van der Waals surface area contributed by atoms with Crippen molar-refractivity contribution in [1.82, 2.24) is 14.8 Å². The van der Waals surface area contributed by atoms with Crippen molar-refractivity contribution in [2.45, 2.75) is 62.7 Å². The maximum Gasteiger partial charge on any atom is 0.416 e. The van der Waals surface area contributed by atoms with Crippen molar-refractivity contribution in [2.24, 2.45) is 0 Å². The molecular formula is C31H36F3N3O5S. The summed E-state index contributed by atoms with van der Waals surface area (Å²) in [6.07, 6.45) is 1.82. The Kier molecular flexibility index (Phi) is 9.01. The van der Waals surface area contributed by atoms with E-state index >= 15 is 0 Å².